The number of hydrogen-bond acceptors (Lipinski definition) is 4. The Bertz CT molecular complexity index is 813. The number of hydrogen-bond donors (Lipinski definition) is 0. The van der Waals surface area contributed by atoms with Crippen LogP contribution in [0.1, 0.15) is 29.8 Å². The largest absolute Gasteiger partial charge is 0.481 e. The van der Waals surface area contributed by atoms with Crippen LogP contribution in [0.5, 0.6) is 0 Å². The van der Waals surface area contributed by atoms with E-state index in [-0.39, 0.29) is 17.9 Å². The predicted octanol–water partition coefficient (Wildman–Crippen LogP) is 3.12. The molecule has 0 N–H and O–H groups in total. The first-order valence-corrected chi connectivity index (χ1v) is 8.46. The van der Waals surface area contributed by atoms with Crippen LogP contribution in [0.4, 0.5) is 0 Å². The third-order valence-corrected chi connectivity index (χ3v) is 4.75. The Morgan fingerprint density at radius 1 is 1.17 bits per heavy atom. The molecule has 2 aliphatic carbocycles. The van der Waals surface area contributed by atoms with Gasteiger partial charge < -0.3 is 9.64 Å². The number of fused-ring (bicyclic) bond motifs is 4. The van der Waals surface area contributed by atoms with Gasteiger partial charge in [-0.3, -0.25) is 9.79 Å². The van der Waals surface area contributed by atoms with Crippen LogP contribution in [0.15, 0.2) is 65.0 Å². The molecule has 4 rings (SSSR count). The highest BCUT2D eigenvalue weighted by Crippen LogP contribution is 2.32. The van der Waals surface area contributed by atoms with Gasteiger partial charge in [-0.25, -0.2) is 0 Å². The van der Waals surface area contributed by atoms with Crippen molar-refractivity contribution in [3.63, 3.8) is 0 Å². The van der Waals surface area contributed by atoms with Crippen LogP contribution in [0, 0.1) is 0 Å². The van der Waals surface area contributed by atoms with Gasteiger partial charge in [0.15, 0.2) is 5.78 Å². The van der Waals surface area contributed by atoms with E-state index in [1.165, 1.54) is 0 Å². The molecule has 4 nitrogen and oxygen atoms in total. The third kappa shape index (κ3) is 2.30. The summed E-state index contributed by atoms with van der Waals surface area (Å²) in [7, 11) is 0. The van der Waals surface area contributed by atoms with Crippen LogP contribution < -0.4 is 0 Å². The summed E-state index contributed by atoms with van der Waals surface area (Å²) in [6, 6.07) is 7.54. The van der Waals surface area contributed by atoms with Gasteiger partial charge in [0.25, 0.3) is 0 Å². The molecule has 0 saturated heterocycles. The smallest absolute Gasteiger partial charge is 0.190 e. The topological polar surface area (TPSA) is 41.9 Å². The summed E-state index contributed by atoms with van der Waals surface area (Å²) in [5, 5.41) is 0. The number of nitrogens with zero attached hydrogens (tertiary/aromatic N) is 2. The number of aliphatic imine (C=N–C) groups is 1. The molecule has 122 valence electrons. The van der Waals surface area contributed by atoms with Crippen molar-refractivity contribution >= 4 is 11.5 Å². The van der Waals surface area contributed by atoms with Gasteiger partial charge in [0.05, 0.1) is 0 Å². The fraction of sp³-hybridized carbons (Fsp3) is 0.300. The van der Waals surface area contributed by atoms with Crippen LogP contribution in [-0.4, -0.2) is 41.6 Å². The van der Waals surface area contributed by atoms with Gasteiger partial charge in [0.1, 0.15) is 23.6 Å². The molecule has 0 aromatic heterocycles. The van der Waals surface area contributed by atoms with Gasteiger partial charge in [-0.2, -0.15) is 0 Å². The Morgan fingerprint density at radius 3 is 2.67 bits per heavy atom. The Hall–Kier alpha value is -2.62. The summed E-state index contributed by atoms with van der Waals surface area (Å²) in [6.07, 6.45) is 7.75. The molecule has 0 radical (unpaired) electrons. The van der Waals surface area contributed by atoms with Crippen molar-refractivity contribution in [2.75, 3.05) is 13.1 Å². The van der Waals surface area contributed by atoms with E-state index in [9.17, 15) is 4.79 Å². The fourth-order valence-corrected chi connectivity index (χ4v) is 3.47. The molecular weight excluding hydrogens is 300 g/mol. The maximum Gasteiger partial charge on any atom is 0.190 e. The lowest BCUT2D eigenvalue weighted by atomic mass is 9.90. The number of carbonyl (C=O) groups is 1. The van der Waals surface area contributed by atoms with Crippen molar-refractivity contribution in [3.05, 3.63) is 71.2 Å². The summed E-state index contributed by atoms with van der Waals surface area (Å²) in [6.45, 7) is 6.18. The van der Waals surface area contributed by atoms with Crippen LogP contribution in [0.25, 0.3) is 0 Å². The SMILES string of the molecule is CCN(CC)C1=CC2OC3=CC(=O)c4ccccc4C3=NC2C=C1. The molecule has 1 aromatic carbocycles. The molecule has 2 unspecified atom stereocenters. The maximum absolute atomic E-state index is 12.3. The van der Waals surface area contributed by atoms with Crippen LogP contribution in [0.3, 0.4) is 0 Å². The van der Waals surface area contributed by atoms with Crippen molar-refractivity contribution in [2.24, 2.45) is 4.99 Å². The van der Waals surface area contributed by atoms with Gasteiger partial charge in [-0.05, 0) is 26.0 Å². The summed E-state index contributed by atoms with van der Waals surface area (Å²) in [5.74, 6) is 0.572. The summed E-state index contributed by atoms with van der Waals surface area (Å²) in [4.78, 5) is 19.5. The lowest BCUT2D eigenvalue weighted by Gasteiger charge is -2.35. The fourth-order valence-electron chi connectivity index (χ4n) is 3.47. The lowest BCUT2D eigenvalue weighted by Crippen LogP contribution is -2.37. The van der Waals surface area contributed by atoms with E-state index >= 15 is 0 Å². The van der Waals surface area contributed by atoms with Gasteiger partial charge in [-0.1, -0.05) is 30.3 Å². The second-order valence-electron chi connectivity index (χ2n) is 6.09. The van der Waals surface area contributed by atoms with E-state index in [4.69, 9.17) is 9.73 Å². The normalized spacial score (nSPS) is 23.9. The first kappa shape index (κ1) is 14.9. The average molecular weight is 320 g/mol. The molecular formula is C20H20N2O2. The van der Waals surface area contributed by atoms with Crippen LogP contribution >= 0.6 is 0 Å². The van der Waals surface area contributed by atoms with E-state index in [1.54, 1.807) is 6.08 Å². The monoisotopic (exact) mass is 320 g/mol. The molecule has 24 heavy (non-hydrogen) atoms. The van der Waals surface area contributed by atoms with Gasteiger partial charge in [0, 0.05) is 36.0 Å². The van der Waals surface area contributed by atoms with Gasteiger partial charge in [0.2, 0.25) is 0 Å². The third-order valence-electron chi connectivity index (χ3n) is 4.75. The quantitative estimate of drug-likeness (QED) is 0.859. The number of likely N-dealkylation sites (N-methyl/N-ethyl adjacent to an activating group) is 1. The van der Waals surface area contributed by atoms with Crippen molar-refractivity contribution in [1.82, 2.24) is 4.90 Å². The second kappa shape index (κ2) is 5.78. The molecule has 0 fully saturated rings. The minimum absolute atomic E-state index is 0.0164. The van der Waals surface area contributed by atoms with Crippen molar-refractivity contribution < 1.29 is 9.53 Å². The summed E-state index contributed by atoms with van der Waals surface area (Å²) in [5.41, 5.74) is 3.51. The first-order valence-electron chi connectivity index (χ1n) is 8.46. The average Bonchev–Trinajstić information content (AvgIpc) is 2.62. The molecule has 4 heteroatoms. The number of benzene rings is 1. The Morgan fingerprint density at radius 2 is 1.92 bits per heavy atom. The Kier molecular flexibility index (Phi) is 3.60. The second-order valence-corrected chi connectivity index (χ2v) is 6.09. The first-order chi connectivity index (χ1) is 11.7. The molecule has 3 aliphatic rings. The molecule has 0 bridgehead atoms. The predicted molar refractivity (Wildman–Crippen MR) is 94.2 cm³/mol. The van der Waals surface area contributed by atoms with Crippen LogP contribution in [-0.2, 0) is 4.74 Å². The zero-order valence-electron chi connectivity index (χ0n) is 13.9. The van der Waals surface area contributed by atoms with E-state index in [0.717, 1.165) is 30.1 Å². The van der Waals surface area contributed by atoms with Crippen molar-refractivity contribution in [3.8, 4) is 0 Å². The Balaban J connectivity index is 1.73. The number of ether oxygens (including phenoxy) is 1. The van der Waals surface area contributed by atoms with Crippen LogP contribution in [0.2, 0.25) is 0 Å². The molecule has 1 aromatic rings. The Labute approximate surface area is 141 Å². The molecule has 0 spiro atoms. The number of ketones is 1. The lowest BCUT2D eigenvalue weighted by molar-refractivity contribution is 0.102. The highest BCUT2D eigenvalue weighted by atomic mass is 16.5. The number of rotatable bonds is 3. The van der Waals surface area contributed by atoms with E-state index in [2.05, 4.69) is 37.0 Å². The van der Waals surface area contributed by atoms with E-state index in [0.29, 0.717) is 11.3 Å². The highest BCUT2D eigenvalue weighted by molar-refractivity contribution is 6.25. The van der Waals surface area contributed by atoms with Gasteiger partial charge >= 0.3 is 0 Å². The number of carbonyl (C=O) groups excluding carboxylic acids is 1. The standard InChI is InChI=1S/C20H20N2O2/c1-3-22(4-2)13-9-10-16-18(11-13)24-19-12-17(23)14-7-5-6-8-15(14)20(19)21-16/h5-12,16,18H,3-4H2,1-2H3. The number of allylic oxidation sites excluding steroid dienone is 3. The molecule has 2 atom stereocenters. The highest BCUT2D eigenvalue weighted by Gasteiger charge is 2.34. The molecule has 0 amide bonds. The zero-order chi connectivity index (χ0) is 16.7. The minimum Gasteiger partial charge on any atom is -0.481 e. The molecule has 1 aliphatic heterocycles. The van der Waals surface area contributed by atoms with Gasteiger partial charge in [-0.15, -0.1) is 0 Å². The molecule has 1 heterocycles. The maximum atomic E-state index is 12.3. The zero-order valence-corrected chi connectivity index (χ0v) is 13.9. The molecule has 0 saturated carbocycles. The van der Waals surface area contributed by atoms with Crippen molar-refractivity contribution in [1.29, 1.82) is 0 Å². The van der Waals surface area contributed by atoms with E-state index in [1.807, 2.05) is 24.3 Å². The summed E-state index contributed by atoms with van der Waals surface area (Å²) >= 11 is 0. The van der Waals surface area contributed by atoms with E-state index < -0.39 is 0 Å². The minimum atomic E-state index is -0.154. The van der Waals surface area contributed by atoms with Crippen molar-refractivity contribution in [2.45, 2.75) is 26.0 Å². The summed E-state index contributed by atoms with van der Waals surface area (Å²) < 4.78 is 6.15.